The minimum Gasteiger partial charge on any atom is -0.356 e. The van der Waals surface area contributed by atoms with Gasteiger partial charge in [0, 0.05) is 64.0 Å². The molecular formula is C21H27ClN6O. The number of pyridine rings is 1. The van der Waals surface area contributed by atoms with E-state index in [0.29, 0.717) is 25.5 Å². The molecule has 1 saturated heterocycles. The van der Waals surface area contributed by atoms with Gasteiger partial charge in [-0.25, -0.2) is 4.98 Å². The number of nitrogens with zero attached hydrogens (tertiary/aromatic N) is 4. The van der Waals surface area contributed by atoms with E-state index < -0.39 is 0 Å². The Morgan fingerprint density at radius 2 is 1.86 bits per heavy atom. The lowest BCUT2D eigenvalue weighted by molar-refractivity contribution is -0.131. The van der Waals surface area contributed by atoms with Crippen LogP contribution in [0.4, 0.5) is 5.82 Å². The van der Waals surface area contributed by atoms with E-state index in [1.807, 2.05) is 47.4 Å². The Kier molecular flexibility index (Phi) is 7.69. The predicted octanol–water partition coefficient (Wildman–Crippen LogP) is 2.14. The Morgan fingerprint density at radius 3 is 2.55 bits per heavy atom. The van der Waals surface area contributed by atoms with Gasteiger partial charge < -0.3 is 20.4 Å². The lowest BCUT2D eigenvalue weighted by Crippen LogP contribution is -2.49. The zero-order valence-corrected chi connectivity index (χ0v) is 17.4. The van der Waals surface area contributed by atoms with Crippen molar-refractivity contribution in [3.05, 3.63) is 59.2 Å². The van der Waals surface area contributed by atoms with E-state index in [2.05, 4.69) is 25.5 Å². The molecule has 7 nitrogen and oxygen atoms in total. The number of hydrogen-bond donors (Lipinski definition) is 2. The molecule has 29 heavy (non-hydrogen) atoms. The second-order valence-electron chi connectivity index (χ2n) is 6.75. The van der Waals surface area contributed by atoms with Crippen LogP contribution in [0.3, 0.4) is 0 Å². The van der Waals surface area contributed by atoms with Gasteiger partial charge in [0.15, 0.2) is 5.96 Å². The summed E-state index contributed by atoms with van der Waals surface area (Å²) in [4.78, 5) is 25.2. The summed E-state index contributed by atoms with van der Waals surface area (Å²) in [6.07, 6.45) is 2.22. The standard InChI is InChI=1S/C21H27ClN6O/c1-23-21(26-16-17-6-2-3-7-18(17)22)25-11-9-20(29)28-14-12-27(13-15-28)19-8-4-5-10-24-19/h2-8,10H,9,11-16H2,1H3,(H2,23,25,26). The molecule has 1 aromatic carbocycles. The number of nitrogens with one attached hydrogen (secondary N) is 2. The van der Waals surface area contributed by atoms with E-state index in [4.69, 9.17) is 11.6 Å². The summed E-state index contributed by atoms with van der Waals surface area (Å²) in [5.41, 5.74) is 0.999. The fraction of sp³-hybridized carbons (Fsp3) is 0.381. The molecule has 1 aliphatic heterocycles. The summed E-state index contributed by atoms with van der Waals surface area (Å²) in [6, 6.07) is 13.6. The molecule has 154 valence electrons. The first-order valence-electron chi connectivity index (χ1n) is 9.79. The van der Waals surface area contributed by atoms with Gasteiger partial charge in [-0.2, -0.15) is 0 Å². The van der Waals surface area contributed by atoms with E-state index in [1.54, 1.807) is 13.2 Å². The number of hydrogen-bond acceptors (Lipinski definition) is 4. The van der Waals surface area contributed by atoms with Crippen LogP contribution in [-0.2, 0) is 11.3 Å². The summed E-state index contributed by atoms with van der Waals surface area (Å²) in [6.45, 7) is 4.14. The summed E-state index contributed by atoms with van der Waals surface area (Å²) >= 11 is 6.17. The summed E-state index contributed by atoms with van der Waals surface area (Å²) in [7, 11) is 1.71. The molecule has 0 saturated carbocycles. The number of benzene rings is 1. The number of halogens is 1. The van der Waals surface area contributed by atoms with E-state index in [1.165, 1.54) is 0 Å². The molecular weight excluding hydrogens is 388 g/mol. The highest BCUT2D eigenvalue weighted by Gasteiger charge is 2.21. The van der Waals surface area contributed by atoms with E-state index in [0.717, 1.165) is 42.6 Å². The monoisotopic (exact) mass is 414 g/mol. The van der Waals surface area contributed by atoms with Crippen molar-refractivity contribution in [3.8, 4) is 0 Å². The first kappa shape index (κ1) is 20.9. The molecule has 0 aliphatic carbocycles. The zero-order valence-electron chi connectivity index (χ0n) is 16.6. The quantitative estimate of drug-likeness (QED) is 0.559. The van der Waals surface area contributed by atoms with Crippen molar-refractivity contribution < 1.29 is 4.79 Å². The number of guanidine groups is 1. The number of piperazine rings is 1. The Labute approximate surface area is 176 Å². The van der Waals surface area contributed by atoms with Crippen molar-refractivity contribution in [2.24, 2.45) is 4.99 Å². The van der Waals surface area contributed by atoms with Gasteiger partial charge in [0.1, 0.15) is 5.82 Å². The van der Waals surface area contributed by atoms with Crippen LogP contribution in [0.1, 0.15) is 12.0 Å². The Bertz CT molecular complexity index is 821. The second-order valence-corrected chi connectivity index (χ2v) is 7.16. The molecule has 0 radical (unpaired) electrons. The van der Waals surface area contributed by atoms with Gasteiger partial charge in [-0.1, -0.05) is 35.9 Å². The second kappa shape index (κ2) is 10.7. The van der Waals surface area contributed by atoms with Crippen LogP contribution >= 0.6 is 11.6 Å². The van der Waals surface area contributed by atoms with Crippen LogP contribution in [0.15, 0.2) is 53.7 Å². The highest BCUT2D eigenvalue weighted by Crippen LogP contribution is 2.14. The number of carbonyl (C=O) groups is 1. The third kappa shape index (κ3) is 6.09. The molecule has 2 aromatic rings. The molecule has 0 atom stereocenters. The van der Waals surface area contributed by atoms with Crippen LogP contribution in [0.25, 0.3) is 0 Å². The van der Waals surface area contributed by atoms with Crippen molar-refractivity contribution >= 4 is 29.3 Å². The van der Waals surface area contributed by atoms with Crippen LogP contribution in [0.5, 0.6) is 0 Å². The molecule has 2 N–H and O–H groups in total. The Balaban J connectivity index is 1.37. The summed E-state index contributed by atoms with van der Waals surface area (Å²) in [5.74, 6) is 1.77. The number of amides is 1. The van der Waals surface area contributed by atoms with E-state index in [-0.39, 0.29) is 5.91 Å². The van der Waals surface area contributed by atoms with E-state index in [9.17, 15) is 4.79 Å². The van der Waals surface area contributed by atoms with Crippen molar-refractivity contribution in [2.45, 2.75) is 13.0 Å². The maximum atomic E-state index is 12.5. The SMILES string of the molecule is CN=C(NCCC(=O)N1CCN(c2ccccn2)CC1)NCc1ccccc1Cl. The van der Waals surface area contributed by atoms with Gasteiger partial charge in [0.25, 0.3) is 0 Å². The molecule has 0 spiro atoms. The van der Waals surface area contributed by atoms with Gasteiger partial charge >= 0.3 is 0 Å². The normalized spacial score (nSPS) is 14.6. The Morgan fingerprint density at radius 1 is 1.10 bits per heavy atom. The maximum Gasteiger partial charge on any atom is 0.224 e. The average molecular weight is 415 g/mol. The number of rotatable bonds is 6. The van der Waals surface area contributed by atoms with Gasteiger partial charge in [0.05, 0.1) is 0 Å². The van der Waals surface area contributed by atoms with Crippen LogP contribution < -0.4 is 15.5 Å². The van der Waals surface area contributed by atoms with E-state index >= 15 is 0 Å². The van der Waals surface area contributed by atoms with Gasteiger partial charge in [-0.05, 0) is 23.8 Å². The smallest absolute Gasteiger partial charge is 0.224 e. The minimum atomic E-state index is 0.153. The van der Waals surface area contributed by atoms with Crippen LogP contribution in [0, 0.1) is 0 Å². The largest absolute Gasteiger partial charge is 0.356 e. The maximum absolute atomic E-state index is 12.5. The third-order valence-corrected chi connectivity index (χ3v) is 5.23. The molecule has 0 unspecified atom stereocenters. The molecule has 2 heterocycles. The molecule has 1 aliphatic rings. The topological polar surface area (TPSA) is 72.9 Å². The highest BCUT2D eigenvalue weighted by molar-refractivity contribution is 6.31. The first-order chi connectivity index (χ1) is 14.2. The lowest BCUT2D eigenvalue weighted by atomic mass is 10.2. The molecule has 1 aromatic heterocycles. The van der Waals surface area contributed by atoms with Crippen LogP contribution in [0.2, 0.25) is 5.02 Å². The Hall–Kier alpha value is -2.80. The predicted molar refractivity (Wildman–Crippen MR) is 117 cm³/mol. The lowest BCUT2D eigenvalue weighted by Gasteiger charge is -2.35. The molecule has 3 rings (SSSR count). The van der Waals surface area contributed by atoms with Crippen molar-refractivity contribution in [1.29, 1.82) is 0 Å². The van der Waals surface area contributed by atoms with Gasteiger partial charge in [-0.3, -0.25) is 9.79 Å². The van der Waals surface area contributed by atoms with Gasteiger partial charge in [0.2, 0.25) is 5.91 Å². The summed E-state index contributed by atoms with van der Waals surface area (Å²) < 4.78 is 0. The fourth-order valence-corrected chi connectivity index (χ4v) is 3.42. The van der Waals surface area contributed by atoms with Gasteiger partial charge in [-0.15, -0.1) is 0 Å². The zero-order chi connectivity index (χ0) is 20.5. The first-order valence-corrected chi connectivity index (χ1v) is 10.2. The van der Waals surface area contributed by atoms with Crippen molar-refractivity contribution in [2.75, 3.05) is 44.7 Å². The van der Waals surface area contributed by atoms with Crippen molar-refractivity contribution in [1.82, 2.24) is 20.5 Å². The number of aromatic nitrogens is 1. The van der Waals surface area contributed by atoms with Crippen LogP contribution in [-0.4, -0.2) is 61.5 Å². The highest BCUT2D eigenvalue weighted by atomic mass is 35.5. The number of anilines is 1. The average Bonchev–Trinajstić information content (AvgIpc) is 2.77. The molecule has 0 bridgehead atoms. The fourth-order valence-electron chi connectivity index (χ4n) is 3.21. The third-order valence-electron chi connectivity index (χ3n) is 4.86. The number of aliphatic imine (C=N–C) groups is 1. The molecule has 1 fully saturated rings. The van der Waals surface area contributed by atoms with Crippen molar-refractivity contribution in [3.63, 3.8) is 0 Å². The summed E-state index contributed by atoms with van der Waals surface area (Å²) in [5, 5.41) is 7.13. The molecule has 1 amide bonds. The molecule has 8 heteroatoms. The minimum absolute atomic E-state index is 0.153. The number of carbonyl (C=O) groups excluding carboxylic acids is 1.